The number of amides is 1. The van der Waals surface area contributed by atoms with Crippen LogP contribution in [0, 0.1) is 29.1 Å². The third-order valence-electron chi connectivity index (χ3n) is 3.22. The molecular formula is C16H10F5NO2. The molecule has 0 aromatic heterocycles. The number of hydrogen-bond acceptors (Lipinski definition) is 2. The number of anilines is 1. The van der Waals surface area contributed by atoms with Gasteiger partial charge in [0.1, 0.15) is 0 Å². The zero-order valence-corrected chi connectivity index (χ0v) is 12.2. The molecule has 3 nitrogen and oxygen atoms in total. The number of ketones is 1. The highest BCUT2D eigenvalue weighted by atomic mass is 19.2. The lowest BCUT2D eigenvalue weighted by Crippen LogP contribution is -2.19. The lowest BCUT2D eigenvalue weighted by atomic mass is 10.1. The van der Waals surface area contributed by atoms with Crippen LogP contribution in [0.15, 0.2) is 24.3 Å². The van der Waals surface area contributed by atoms with Crippen molar-refractivity contribution in [3.63, 3.8) is 0 Å². The minimum atomic E-state index is -2.30. The van der Waals surface area contributed by atoms with Gasteiger partial charge in [0.05, 0.1) is 12.1 Å². The summed E-state index contributed by atoms with van der Waals surface area (Å²) in [7, 11) is 0. The van der Waals surface area contributed by atoms with Gasteiger partial charge in [-0.25, -0.2) is 22.0 Å². The summed E-state index contributed by atoms with van der Waals surface area (Å²) >= 11 is 0. The summed E-state index contributed by atoms with van der Waals surface area (Å²) in [5.74, 6) is -12.1. The quantitative estimate of drug-likeness (QED) is 0.398. The predicted molar refractivity (Wildman–Crippen MR) is 75.0 cm³/mol. The van der Waals surface area contributed by atoms with Gasteiger partial charge in [0, 0.05) is 11.1 Å². The lowest BCUT2D eigenvalue weighted by molar-refractivity contribution is -0.115. The molecule has 0 radical (unpaired) electrons. The maximum atomic E-state index is 13.6. The predicted octanol–water partition coefficient (Wildman–Crippen LogP) is 3.77. The van der Waals surface area contributed by atoms with Crippen molar-refractivity contribution in [2.45, 2.75) is 13.3 Å². The number of Topliss-reactive ketones (excluding diaryl/α,β-unsaturated/α-hetero) is 1. The highest BCUT2D eigenvalue weighted by molar-refractivity contribution is 6.04. The molecule has 8 heteroatoms. The molecule has 2 aromatic rings. The maximum Gasteiger partial charge on any atom is 0.229 e. The Morgan fingerprint density at radius 1 is 0.875 bits per heavy atom. The first-order valence-electron chi connectivity index (χ1n) is 6.64. The van der Waals surface area contributed by atoms with Crippen LogP contribution in [0.3, 0.4) is 0 Å². The summed E-state index contributed by atoms with van der Waals surface area (Å²) in [5, 5.41) is 2.22. The van der Waals surface area contributed by atoms with Gasteiger partial charge in [-0.15, -0.1) is 0 Å². The maximum absolute atomic E-state index is 13.6. The molecule has 0 heterocycles. The standard InChI is InChI=1S/C16H10F5NO2/c1-7(23)8-4-2-3-5-10(8)22-11(24)6-9-12(17)14(19)16(21)15(20)13(9)18/h2-5H,6H2,1H3,(H,22,24). The van der Waals surface area contributed by atoms with Crippen LogP contribution >= 0.6 is 0 Å². The molecule has 0 saturated heterocycles. The molecule has 0 aliphatic rings. The van der Waals surface area contributed by atoms with Crippen LogP contribution in [0.25, 0.3) is 0 Å². The number of rotatable bonds is 4. The second-order valence-electron chi connectivity index (χ2n) is 4.88. The average Bonchev–Trinajstić information content (AvgIpc) is 2.55. The molecule has 0 unspecified atom stereocenters. The van der Waals surface area contributed by atoms with Gasteiger partial charge in [0.25, 0.3) is 0 Å². The van der Waals surface area contributed by atoms with Gasteiger partial charge in [-0.1, -0.05) is 12.1 Å². The zero-order valence-electron chi connectivity index (χ0n) is 12.2. The fourth-order valence-electron chi connectivity index (χ4n) is 2.06. The fourth-order valence-corrected chi connectivity index (χ4v) is 2.06. The normalized spacial score (nSPS) is 10.6. The minimum Gasteiger partial charge on any atom is -0.325 e. The highest BCUT2D eigenvalue weighted by Crippen LogP contribution is 2.24. The average molecular weight is 343 g/mol. The van der Waals surface area contributed by atoms with Crippen molar-refractivity contribution in [3.05, 3.63) is 64.5 Å². The Hall–Kier alpha value is -2.77. The van der Waals surface area contributed by atoms with Gasteiger partial charge < -0.3 is 5.32 Å². The lowest BCUT2D eigenvalue weighted by Gasteiger charge is -2.11. The Balaban J connectivity index is 2.31. The number of hydrogen-bond donors (Lipinski definition) is 1. The summed E-state index contributed by atoms with van der Waals surface area (Å²) in [5.41, 5.74) is -1.04. The molecule has 2 aromatic carbocycles. The first-order chi connectivity index (χ1) is 11.2. The van der Waals surface area contributed by atoms with E-state index in [0.717, 1.165) is 0 Å². The van der Waals surface area contributed by atoms with E-state index in [0.29, 0.717) is 0 Å². The monoisotopic (exact) mass is 343 g/mol. The Kier molecular flexibility index (Phi) is 4.96. The molecule has 0 bridgehead atoms. The molecule has 0 aliphatic heterocycles. The van der Waals surface area contributed by atoms with E-state index in [2.05, 4.69) is 5.32 Å². The number of carbonyl (C=O) groups excluding carboxylic acids is 2. The summed E-state index contributed by atoms with van der Waals surface area (Å²) in [6.45, 7) is 1.25. The van der Waals surface area contributed by atoms with Gasteiger partial charge in [0.2, 0.25) is 11.7 Å². The van der Waals surface area contributed by atoms with Crippen LogP contribution in [0.5, 0.6) is 0 Å². The number of carbonyl (C=O) groups is 2. The molecule has 1 amide bonds. The van der Waals surface area contributed by atoms with E-state index >= 15 is 0 Å². The Morgan fingerprint density at radius 3 is 1.92 bits per heavy atom. The molecule has 0 aliphatic carbocycles. The molecule has 0 saturated carbocycles. The molecule has 0 fully saturated rings. The number of nitrogens with one attached hydrogen (secondary N) is 1. The summed E-state index contributed by atoms with van der Waals surface area (Å²) in [4.78, 5) is 23.3. The van der Waals surface area contributed by atoms with Gasteiger partial charge in [-0.3, -0.25) is 9.59 Å². The van der Waals surface area contributed by atoms with Crippen LogP contribution in [0.4, 0.5) is 27.6 Å². The van der Waals surface area contributed by atoms with E-state index in [1.54, 1.807) is 0 Å². The second kappa shape index (κ2) is 6.77. The van der Waals surface area contributed by atoms with Crippen LogP contribution in [-0.4, -0.2) is 11.7 Å². The van der Waals surface area contributed by atoms with Gasteiger partial charge >= 0.3 is 0 Å². The van der Waals surface area contributed by atoms with Crippen molar-refractivity contribution in [2.75, 3.05) is 5.32 Å². The minimum absolute atomic E-state index is 0.0684. The number of halogens is 5. The Morgan fingerprint density at radius 2 is 1.38 bits per heavy atom. The fraction of sp³-hybridized carbons (Fsp3) is 0.125. The molecule has 24 heavy (non-hydrogen) atoms. The van der Waals surface area contributed by atoms with Crippen LogP contribution in [0.2, 0.25) is 0 Å². The smallest absolute Gasteiger partial charge is 0.229 e. The van der Waals surface area contributed by atoms with Crippen molar-refractivity contribution >= 4 is 17.4 Å². The second-order valence-corrected chi connectivity index (χ2v) is 4.88. The topological polar surface area (TPSA) is 46.2 Å². The Labute approximate surface area is 133 Å². The van der Waals surface area contributed by atoms with E-state index in [4.69, 9.17) is 0 Å². The largest absolute Gasteiger partial charge is 0.325 e. The van der Waals surface area contributed by atoms with E-state index in [1.807, 2.05) is 0 Å². The molecular weight excluding hydrogens is 333 g/mol. The van der Waals surface area contributed by atoms with Gasteiger partial charge in [0.15, 0.2) is 29.1 Å². The molecule has 0 spiro atoms. The van der Waals surface area contributed by atoms with Crippen molar-refractivity contribution in [3.8, 4) is 0 Å². The number of para-hydroxylation sites is 1. The third-order valence-corrected chi connectivity index (χ3v) is 3.22. The van der Waals surface area contributed by atoms with E-state index in [1.165, 1.54) is 31.2 Å². The molecule has 2 rings (SSSR count). The van der Waals surface area contributed by atoms with Crippen molar-refractivity contribution < 1.29 is 31.5 Å². The van der Waals surface area contributed by atoms with E-state index in [-0.39, 0.29) is 17.0 Å². The van der Waals surface area contributed by atoms with Gasteiger partial charge in [-0.05, 0) is 19.1 Å². The van der Waals surface area contributed by atoms with Crippen molar-refractivity contribution in [1.82, 2.24) is 0 Å². The first-order valence-corrected chi connectivity index (χ1v) is 6.64. The first kappa shape index (κ1) is 17.6. The SMILES string of the molecule is CC(=O)c1ccccc1NC(=O)Cc1c(F)c(F)c(F)c(F)c1F. The van der Waals surface area contributed by atoms with Crippen LogP contribution < -0.4 is 5.32 Å². The highest BCUT2D eigenvalue weighted by Gasteiger charge is 2.27. The van der Waals surface area contributed by atoms with Crippen LogP contribution in [-0.2, 0) is 11.2 Å². The van der Waals surface area contributed by atoms with Crippen LogP contribution in [0.1, 0.15) is 22.8 Å². The summed E-state index contributed by atoms with van der Waals surface area (Å²) < 4.78 is 66.3. The third kappa shape index (κ3) is 3.27. The van der Waals surface area contributed by atoms with Crippen molar-refractivity contribution in [2.24, 2.45) is 0 Å². The van der Waals surface area contributed by atoms with Gasteiger partial charge in [-0.2, -0.15) is 0 Å². The molecule has 1 N–H and O–H groups in total. The molecule has 0 atom stereocenters. The number of benzene rings is 2. The van der Waals surface area contributed by atoms with Crippen molar-refractivity contribution in [1.29, 1.82) is 0 Å². The Bertz CT molecular complexity index is 806. The molecule has 126 valence electrons. The zero-order chi connectivity index (χ0) is 18.0. The summed E-state index contributed by atoms with van der Waals surface area (Å²) in [6, 6.07) is 5.82. The summed E-state index contributed by atoms with van der Waals surface area (Å²) in [6.07, 6.45) is -1.09. The van der Waals surface area contributed by atoms with E-state index < -0.39 is 47.0 Å². The van der Waals surface area contributed by atoms with E-state index in [9.17, 15) is 31.5 Å².